The molecular formula is C15H19N3O2S. The molecule has 2 rings (SSSR count). The van der Waals surface area contributed by atoms with Crippen LogP contribution in [0, 0.1) is 6.92 Å². The lowest BCUT2D eigenvalue weighted by Crippen LogP contribution is -2.32. The minimum atomic E-state index is -0.281. The van der Waals surface area contributed by atoms with Crippen molar-refractivity contribution in [2.75, 3.05) is 11.9 Å². The molecule has 21 heavy (non-hydrogen) atoms. The fourth-order valence-electron chi connectivity index (χ4n) is 2.01. The van der Waals surface area contributed by atoms with Crippen molar-refractivity contribution >= 4 is 22.5 Å². The molecule has 0 aliphatic carbocycles. The summed E-state index contributed by atoms with van der Waals surface area (Å²) in [4.78, 5) is 16.2. The number of carbonyl (C=O) groups is 1. The number of hydrogen-bond donors (Lipinski definition) is 3. The van der Waals surface area contributed by atoms with Crippen molar-refractivity contribution in [1.29, 1.82) is 0 Å². The molecule has 0 aliphatic rings. The highest BCUT2D eigenvalue weighted by Crippen LogP contribution is 2.19. The topological polar surface area (TPSA) is 74.2 Å². The second kappa shape index (κ2) is 7.75. The van der Waals surface area contributed by atoms with Crippen LogP contribution in [0.5, 0.6) is 0 Å². The number of thiazole rings is 1. The Balaban J connectivity index is 1.99. The maximum absolute atomic E-state index is 12.1. The van der Waals surface area contributed by atoms with Crippen LogP contribution in [0.3, 0.4) is 0 Å². The van der Waals surface area contributed by atoms with Gasteiger partial charge in [0, 0.05) is 12.0 Å². The van der Waals surface area contributed by atoms with Crippen LogP contribution in [0.1, 0.15) is 30.1 Å². The molecule has 2 amide bonds. The number of rotatable bonds is 6. The van der Waals surface area contributed by atoms with Crippen LogP contribution in [0.25, 0.3) is 0 Å². The van der Waals surface area contributed by atoms with Crippen molar-refractivity contribution in [2.45, 2.75) is 25.8 Å². The number of aliphatic hydroxyl groups is 1. The molecule has 6 heteroatoms. The number of aromatic nitrogens is 1. The highest BCUT2D eigenvalue weighted by Gasteiger charge is 2.14. The molecule has 1 unspecified atom stereocenters. The first-order valence-corrected chi connectivity index (χ1v) is 7.72. The molecule has 0 saturated heterocycles. The van der Waals surface area contributed by atoms with Crippen LogP contribution in [0.2, 0.25) is 0 Å². The van der Waals surface area contributed by atoms with E-state index in [1.807, 2.05) is 42.6 Å². The molecule has 0 bridgehead atoms. The van der Waals surface area contributed by atoms with E-state index in [0.717, 1.165) is 11.3 Å². The SMILES string of the molecule is Cc1csc(NC(=O)NC(CCCO)c2ccccc2)n1. The van der Waals surface area contributed by atoms with Gasteiger partial charge < -0.3 is 10.4 Å². The van der Waals surface area contributed by atoms with Crippen molar-refractivity contribution in [3.63, 3.8) is 0 Å². The third kappa shape index (κ3) is 4.84. The zero-order valence-corrected chi connectivity index (χ0v) is 12.7. The minimum Gasteiger partial charge on any atom is -0.396 e. The van der Waals surface area contributed by atoms with Gasteiger partial charge >= 0.3 is 6.03 Å². The molecule has 0 radical (unpaired) electrons. The second-order valence-corrected chi connectivity index (χ2v) is 5.58. The standard InChI is InChI=1S/C15H19N3O2S/c1-11-10-21-15(16-11)18-14(20)17-13(8-5-9-19)12-6-3-2-4-7-12/h2-4,6-7,10,13,19H,5,8-9H2,1H3,(H2,16,17,18,20). The zero-order valence-electron chi connectivity index (χ0n) is 11.9. The number of hydrogen-bond acceptors (Lipinski definition) is 4. The molecule has 2 aromatic rings. The third-order valence-corrected chi connectivity index (χ3v) is 3.87. The monoisotopic (exact) mass is 305 g/mol. The van der Waals surface area contributed by atoms with Crippen molar-refractivity contribution in [3.05, 3.63) is 47.0 Å². The molecule has 0 fully saturated rings. The van der Waals surface area contributed by atoms with Gasteiger partial charge in [0.15, 0.2) is 5.13 Å². The number of anilines is 1. The summed E-state index contributed by atoms with van der Waals surface area (Å²) in [5, 5.41) is 17.1. The van der Waals surface area contributed by atoms with Crippen molar-refractivity contribution in [3.8, 4) is 0 Å². The Labute approximate surface area is 128 Å². The summed E-state index contributed by atoms with van der Waals surface area (Å²) in [6.45, 7) is 1.99. The number of carbonyl (C=O) groups excluding carboxylic acids is 1. The Morgan fingerprint density at radius 3 is 2.76 bits per heavy atom. The molecule has 0 aliphatic heterocycles. The normalized spacial score (nSPS) is 11.9. The molecule has 1 heterocycles. The van der Waals surface area contributed by atoms with Crippen LogP contribution in [0.15, 0.2) is 35.7 Å². The predicted octanol–water partition coefficient (Wildman–Crippen LogP) is 3.09. The first kappa shape index (κ1) is 15.5. The molecular weight excluding hydrogens is 286 g/mol. The van der Waals surface area contributed by atoms with E-state index in [1.54, 1.807) is 0 Å². The Morgan fingerprint density at radius 2 is 2.14 bits per heavy atom. The number of nitrogens with zero attached hydrogens (tertiary/aromatic N) is 1. The van der Waals surface area contributed by atoms with E-state index in [-0.39, 0.29) is 18.7 Å². The van der Waals surface area contributed by atoms with Gasteiger partial charge in [0.2, 0.25) is 0 Å². The number of nitrogens with one attached hydrogen (secondary N) is 2. The molecule has 0 saturated carbocycles. The fourth-order valence-corrected chi connectivity index (χ4v) is 2.69. The van der Waals surface area contributed by atoms with Crippen molar-refractivity contribution in [1.82, 2.24) is 10.3 Å². The average Bonchev–Trinajstić information content (AvgIpc) is 2.89. The first-order chi connectivity index (χ1) is 10.2. The fraction of sp³-hybridized carbons (Fsp3) is 0.333. The number of amides is 2. The largest absolute Gasteiger partial charge is 0.396 e. The highest BCUT2D eigenvalue weighted by molar-refractivity contribution is 7.13. The van der Waals surface area contributed by atoms with E-state index in [4.69, 9.17) is 5.11 Å². The Bertz CT molecular complexity index is 571. The minimum absolute atomic E-state index is 0.109. The van der Waals surface area contributed by atoms with E-state index >= 15 is 0 Å². The zero-order chi connectivity index (χ0) is 15.1. The molecule has 1 atom stereocenters. The van der Waals surface area contributed by atoms with Gasteiger partial charge in [0.1, 0.15) is 0 Å². The number of aliphatic hydroxyl groups excluding tert-OH is 1. The van der Waals surface area contributed by atoms with Gasteiger partial charge in [-0.15, -0.1) is 11.3 Å². The van der Waals surface area contributed by atoms with E-state index in [9.17, 15) is 4.79 Å². The molecule has 0 spiro atoms. The van der Waals surface area contributed by atoms with Gasteiger partial charge in [-0.25, -0.2) is 9.78 Å². The van der Waals surface area contributed by atoms with Gasteiger partial charge in [0.25, 0.3) is 0 Å². The predicted molar refractivity (Wildman–Crippen MR) is 84.5 cm³/mol. The smallest absolute Gasteiger partial charge is 0.321 e. The average molecular weight is 305 g/mol. The summed E-state index contributed by atoms with van der Waals surface area (Å²) in [6.07, 6.45) is 1.32. The van der Waals surface area contributed by atoms with Crippen LogP contribution >= 0.6 is 11.3 Å². The molecule has 5 nitrogen and oxygen atoms in total. The summed E-state index contributed by atoms with van der Waals surface area (Å²) in [5.41, 5.74) is 1.91. The van der Waals surface area contributed by atoms with Gasteiger partial charge in [0.05, 0.1) is 11.7 Å². The quantitative estimate of drug-likeness (QED) is 0.768. The van der Waals surface area contributed by atoms with E-state index in [2.05, 4.69) is 15.6 Å². The summed E-state index contributed by atoms with van der Waals surface area (Å²) in [7, 11) is 0. The number of benzene rings is 1. The van der Waals surface area contributed by atoms with E-state index in [1.165, 1.54) is 11.3 Å². The third-order valence-electron chi connectivity index (χ3n) is 3.00. The van der Waals surface area contributed by atoms with Gasteiger partial charge in [-0.2, -0.15) is 0 Å². The summed E-state index contributed by atoms with van der Waals surface area (Å²) in [6, 6.07) is 9.34. The van der Waals surface area contributed by atoms with Crippen LogP contribution < -0.4 is 10.6 Å². The van der Waals surface area contributed by atoms with E-state index < -0.39 is 0 Å². The lowest BCUT2D eigenvalue weighted by Gasteiger charge is -2.18. The summed E-state index contributed by atoms with van der Waals surface area (Å²) < 4.78 is 0. The summed E-state index contributed by atoms with van der Waals surface area (Å²) in [5.74, 6) is 0. The Morgan fingerprint density at radius 1 is 1.38 bits per heavy atom. The lowest BCUT2D eigenvalue weighted by atomic mass is 10.0. The van der Waals surface area contributed by atoms with Crippen LogP contribution in [-0.2, 0) is 0 Å². The first-order valence-electron chi connectivity index (χ1n) is 6.84. The maximum atomic E-state index is 12.1. The Kier molecular flexibility index (Phi) is 5.71. The summed E-state index contributed by atoms with van der Waals surface area (Å²) >= 11 is 1.40. The molecule has 112 valence electrons. The Hall–Kier alpha value is -1.92. The van der Waals surface area contributed by atoms with Crippen molar-refractivity contribution in [2.24, 2.45) is 0 Å². The van der Waals surface area contributed by atoms with E-state index in [0.29, 0.717) is 18.0 Å². The molecule has 1 aromatic carbocycles. The van der Waals surface area contributed by atoms with Crippen LogP contribution in [-0.4, -0.2) is 22.7 Å². The van der Waals surface area contributed by atoms with Gasteiger partial charge in [-0.3, -0.25) is 5.32 Å². The lowest BCUT2D eigenvalue weighted by molar-refractivity contribution is 0.244. The van der Waals surface area contributed by atoms with Crippen molar-refractivity contribution < 1.29 is 9.90 Å². The number of urea groups is 1. The van der Waals surface area contributed by atoms with Gasteiger partial charge in [-0.1, -0.05) is 30.3 Å². The van der Waals surface area contributed by atoms with Gasteiger partial charge in [-0.05, 0) is 25.3 Å². The second-order valence-electron chi connectivity index (χ2n) is 4.72. The number of aryl methyl sites for hydroxylation is 1. The molecule has 1 aromatic heterocycles. The molecule has 3 N–H and O–H groups in total. The highest BCUT2D eigenvalue weighted by atomic mass is 32.1. The maximum Gasteiger partial charge on any atom is 0.321 e. The van der Waals surface area contributed by atoms with Crippen LogP contribution in [0.4, 0.5) is 9.93 Å².